The molecular weight excluding hydrogens is 150 g/mol. The normalized spacial score (nSPS) is 13.5. The second-order valence-corrected chi connectivity index (χ2v) is 1.89. The lowest BCUT2D eigenvalue weighted by Gasteiger charge is -1.98. The highest BCUT2D eigenvalue weighted by molar-refractivity contribution is 5.31. The predicted molar refractivity (Wildman–Crippen MR) is 40.3 cm³/mol. The van der Waals surface area contributed by atoms with Crippen molar-refractivity contribution in [2.45, 2.75) is 6.92 Å². The summed E-state index contributed by atoms with van der Waals surface area (Å²) < 4.78 is 24.9. The molecule has 3 heteroatoms. The van der Waals surface area contributed by atoms with Gasteiger partial charge in [0, 0.05) is 5.57 Å². The Labute approximate surface area is 64.4 Å². The number of allylic oxidation sites excluding steroid dienone is 3. The summed E-state index contributed by atoms with van der Waals surface area (Å²) in [6.45, 7) is 3.79. The zero-order valence-corrected chi connectivity index (χ0v) is 6.27. The second kappa shape index (κ2) is 4.79. The Balaban J connectivity index is 4.67. The molecule has 0 saturated heterocycles. The smallest absolute Gasteiger partial charge is 0.131 e. The van der Waals surface area contributed by atoms with Gasteiger partial charge in [-0.3, -0.25) is 0 Å². The van der Waals surface area contributed by atoms with Gasteiger partial charge in [0.15, 0.2) is 0 Å². The van der Waals surface area contributed by atoms with E-state index in [-0.39, 0.29) is 0 Å². The molecule has 0 aromatic rings. The fourth-order valence-corrected chi connectivity index (χ4v) is 0.538. The summed E-state index contributed by atoms with van der Waals surface area (Å²) in [4.78, 5) is 0. The Morgan fingerprint density at radius 1 is 1.55 bits per heavy atom. The molecule has 0 heterocycles. The van der Waals surface area contributed by atoms with Gasteiger partial charge in [-0.25, -0.2) is 8.78 Å². The van der Waals surface area contributed by atoms with E-state index in [1.807, 2.05) is 0 Å². The summed E-state index contributed by atoms with van der Waals surface area (Å²) in [5.41, 5.74) is -0.400. The number of aliphatic hydroxyl groups excluding tert-OH is 1. The highest BCUT2D eigenvalue weighted by Gasteiger charge is 2.05. The van der Waals surface area contributed by atoms with Crippen molar-refractivity contribution in [3.63, 3.8) is 0 Å². The van der Waals surface area contributed by atoms with Crippen LogP contribution in [0.4, 0.5) is 8.78 Å². The molecule has 0 aromatic carbocycles. The van der Waals surface area contributed by atoms with E-state index >= 15 is 0 Å². The summed E-state index contributed by atoms with van der Waals surface area (Å²) in [5.74, 6) is -1.73. The molecular formula is C8H10F2O. The van der Waals surface area contributed by atoms with E-state index in [0.29, 0.717) is 0 Å². The lowest BCUT2D eigenvalue weighted by Crippen LogP contribution is -1.92. The minimum atomic E-state index is -0.942. The van der Waals surface area contributed by atoms with Crippen molar-refractivity contribution < 1.29 is 13.9 Å². The van der Waals surface area contributed by atoms with Crippen LogP contribution in [0.5, 0.6) is 0 Å². The zero-order valence-electron chi connectivity index (χ0n) is 6.27. The fraction of sp³-hybridized carbons (Fsp3) is 0.250. The molecule has 11 heavy (non-hydrogen) atoms. The van der Waals surface area contributed by atoms with Crippen LogP contribution in [0, 0.1) is 0 Å². The van der Waals surface area contributed by atoms with E-state index in [1.54, 1.807) is 6.92 Å². The van der Waals surface area contributed by atoms with Gasteiger partial charge in [-0.1, -0.05) is 12.7 Å². The van der Waals surface area contributed by atoms with E-state index in [9.17, 15) is 8.78 Å². The molecule has 0 aliphatic rings. The molecule has 0 aliphatic heterocycles. The van der Waals surface area contributed by atoms with Crippen molar-refractivity contribution in [1.29, 1.82) is 0 Å². The predicted octanol–water partition coefficient (Wildman–Crippen LogP) is 2.26. The minimum Gasteiger partial charge on any atom is -0.391 e. The SMILES string of the molecule is C=C(F)/C(CO)=C(F)\C=C/C. The first kappa shape index (κ1) is 10.0. The molecule has 0 aromatic heterocycles. The van der Waals surface area contributed by atoms with E-state index in [0.717, 1.165) is 6.08 Å². The van der Waals surface area contributed by atoms with Crippen LogP contribution >= 0.6 is 0 Å². The molecule has 0 saturated carbocycles. The molecule has 62 valence electrons. The van der Waals surface area contributed by atoms with Crippen LogP contribution in [-0.2, 0) is 0 Å². The molecule has 0 atom stereocenters. The maximum absolute atomic E-state index is 12.7. The van der Waals surface area contributed by atoms with Crippen molar-refractivity contribution in [1.82, 2.24) is 0 Å². The largest absolute Gasteiger partial charge is 0.391 e. The Kier molecular flexibility index (Phi) is 4.38. The molecule has 0 radical (unpaired) electrons. The minimum absolute atomic E-state index is 0.400. The van der Waals surface area contributed by atoms with E-state index in [4.69, 9.17) is 5.11 Å². The highest BCUT2D eigenvalue weighted by atomic mass is 19.1. The zero-order chi connectivity index (χ0) is 8.85. The molecule has 0 aliphatic carbocycles. The number of halogens is 2. The molecule has 0 rings (SSSR count). The molecule has 1 N–H and O–H groups in total. The first-order valence-electron chi connectivity index (χ1n) is 3.10. The van der Waals surface area contributed by atoms with Crippen molar-refractivity contribution in [3.05, 3.63) is 36.0 Å². The van der Waals surface area contributed by atoms with Gasteiger partial charge in [0.1, 0.15) is 11.7 Å². The maximum Gasteiger partial charge on any atom is 0.131 e. The maximum atomic E-state index is 12.7. The third-order valence-electron chi connectivity index (χ3n) is 1.09. The number of rotatable bonds is 3. The van der Waals surface area contributed by atoms with E-state index in [2.05, 4.69) is 6.58 Å². The van der Waals surface area contributed by atoms with Gasteiger partial charge in [-0.2, -0.15) is 0 Å². The van der Waals surface area contributed by atoms with Crippen molar-refractivity contribution in [2.75, 3.05) is 6.61 Å². The lowest BCUT2D eigenvalue weighted by atomic mass is 10.2. The Morgan fingerprint density at radius 3 is 2.36 bits per heavy atom. The first-order valence-corrected chi connectivity index (χ1v) is 3.10. The highest BCUT2D eigenvalue weighted by Crippen LogP contribution is 2.15. The topological polar surface area (TPSA) is 20.2 Å². The number of aliphatic hydroxyl groups is 1. The summed E-state index contributed by atoms with van der Waals surface area (Å²) in [6.07, 6.45) is 2.48. The monoisotopic (exact) mass is 160 g/mol. The third kappa shape index (κ3) is 3.09. The first-order chi connectivity index (χ1) is 5.13. The van der Waals surface area contributed by atoms with Crippen LogP contribution in [0.3, 0.4) is 0 Å². The third-order valence-corrected chi connectivity index (χ3v) is 1.09. The van der Waals surface area contributed by atoms with Crippen molar-refractivity contribution in [3.8, 4) is 0 Å². The molecule has 0 spiro atoms. The molecule has 0 bridgehead atoms. The molecule has 0 unspecified atom stereocenters. The van der Waals surface area contributed by atoms with Gasteiger partial charge in [0.05, 0.1) is 6.61 Å². The average Bonchev–Trinajstić information content (AvgIpc) is 1.88. The molecule has 1 nitrogen and oxygen atoms in total. The van der Waals surface area contributed by atoms with Crippen LogP contribution in [0.25, 0.3) is 0 Å². The Bertz CT molecular complexity index is 204. The Morgan fingerprint density at radius 2 is 2.09 bits per heavy atom. The van der Waals surface area contributed by atoms with Gasteiger partial charge in [0.25, 0.3) is 0 Å². The van der Waals surface area contributed by atoms with Crippen LogP contribution in [0.1, 0.15) is 6.92 Å². The fourth-order valence-electron chi connectivity index (χ4n) is 0.538. The van der Waals surface area contributed by atoms with Crippen molar-refractivity contribution in [2.24, 2.45) is 0 Å². The van der Waals surface area contributed by atoms with E-state index < -0.39 is 23.8 Å². The van der Waals surface area contributed by atoms with Crippen LogP contribution in [-0.4, -0.2) is 11.7 Å². The second-order valence-electron chi connectivity index (χ2n) is 1.89. The molecule has 0 amide bonds. The summed E-state index contributed by atoms with van der Waals surface area (Å²) in [7, 11) is 0. The van der Waals surface area contributed by atoms with Crippen LogP contribution < -0.4 is 0 Å². The van der Waals surface area contributed by atoms with Crippen LogP contribution in [0.2, 0.25) is 0 Å². The quantitative estimate of drug-likeness (QED) is 0.628. The van der Waals surface area contributed by atoms with Crippen LogP contribution in [0.15, 0.2) is 36.0 Å². The van der Waals surface area contributed by atoms with Gasteiger partial charge in [-0.05, 0) is 13.0 Å². The van der Waals surface area contributed by atoms with Gasteiger partial charge in [0.2, 0.25) is 0 Å². The van der Waals surface area contributed by atoms with E-state index in [1.165, 1.54) is 6.08 Å². The van der Waals surface area contributed by atoms with Crippen molar-refractivity contribution >= 4 is 0 Å². The summed E-state index contributed by atoms with van der Waals surface area (Å²) in [6, 6.07) is 0. The Hall–Kier alpha value is -0.960. The summed E-state index contributed by atoms with van der Waals surface area (Å²) >= 11 is 0. The van der Waals surface area contributed by atoms with Gasteiger partial charge in [-0.15, -0.1) is 0 Å². The van der Waals surface area contributed by atoms with Gasteiger partial charge < -0.3 is 5.11 Å². The lowest BCUT2D eigenvalue weighted by molar-refractivity contribution is 0.323. The number of hydrogen-bond acceptors (Lipinski definition) is 1. The average molecular weight is 160 g/mol. The standard InChI is InChI=1S/C8H10F2O/c1-3-4-8(10)7(5-11)6(2)9/h3-4,11H,2,5H2,1H3/b4-3-,8-7+. The summed E-state index contributed by atoms with van der Waals surface area (Å²) in [5, 5.41) is 8.46. The molecule has 0 fully saturated rings. The number of hydrogen-bond donors (Lipinski definition) is 1. The van der Waals surface area contributed by atoms with Gasteiger partial charge >= 0.3 is 0 Å².